The molecule has 0 spiro atoms. The SMILES string of the molecule is CC1(C)c2ccccc2N(c2ccc3c4c5cc(ccc5c(-c5ccccc5)c3c2)N2c3ccccc3C(C)(C)c3ccc(cc32)C2(C)c3ccccc3-c3ccc-4cc32)c2ccccc21. The van der Waals surface area contributed by atoms with Crippen LogP contribution in [0.2, 0.25) is 0 Å². The Hall–Kier alpha value is -7.68. The number of fused-ring (bicyclic) bond motifs is 15. The lowest BCUT2D eigenvalue weighted by molar-refractivity contribution is 0.629. The van der Waals surface area contributed by atoms with Gasteiger partial charge in [-0.25, -0.2) is 0 Å². The molecule has 0 radical (unpaired) electrons. The van der Waals surface area contributed by atoms with E-state index in [0.29, 0.717) is 0 Å². The van der Waals surface area contributed by atoms with E-state index in [1.54, 1.807) is 0 Å². The summed E-state index contributed by atoms with van der Waals surface area (Å²) >= 11 is 0. The molecule has 1 unspecified atom stereocenters. The monoisotopic (exact) mass is 844 g/mol. The third-order valence-electron chi connectivity index (χ3n) is 16.2. The van der Waals surface area contributed by atoms with Gasteiger partial charge in [0.1, 0.15) is 0 Å². The van der Waals surface area contributed by atoms with Crippen molar-refractivity contribution in [2.75, 3.05) is 9.80 Å². The summed E-state index contributed by atoms with van der Waals surface area (Å²) in [6.07, 6.45) is 0. The van der Waals surface area contributed by atoms with Crippen molar-refractivity contribution in [2.45, 2.75) is 50.9 Å². The Morgan fingerprint density at radius 2 is 0.773 bits per heavy atom. The van der Waals surface area contributed by atoms with Gasteiger partial charge in [0.2, 0.25) is 0 Å². The first kappa shape index (κ1) is 37.7. The van der Waals surface area contributed by atoms with Gasteiger partial charge in [0.05, 0.1) is 22.7 Å². The average molecular weight is 845 g/mol. The largest absolute Gasteiger partial charge is 0.310 e. The van der Waals surface area contributed by atoms with Crippen LogP contribution in [0.15, 0.2) is 200 Å². The van der Waals surface area contributed by atoms with E-state index in [4.69, 9.17) is 0 Å². The van der Waals surface area contributed by atoms with E-state index in [1.807, 2.05) is 0 Å². The quantitative estimate of drug-likeness (QED) is 0.160. The Morgan fingerprint density at radius 3 is 1.36 bits per heavy atom. The molecule has 66 heavy (non-hydrogen) atoms. The highest BCUT2D eigenvalue weighted by Crippen LogP contribution is 2.59. The Labute approximate surface area is 387 Å². The minimum Gasteiger partial charge on any atom is -0.310 e. The van der Waals surface area contributed by atoms with E-state index in [-0.39, 0.29) is 16.2 Å². The van der Waals surface area contributed by atoms with Crippen molar-refractivity contribution in [1.29, 1.82) is 0 Å². The van der Waals surface area contributed by atoms with Crippen LogP contribution in [0, 0.1) is 0 Å². The summed E-state index contributed by atoms with van der Waals surface area (Å²) in [5.74, 6) is 0. The van der Waals surface area contributed by atoms with E-state index >= 15 is 0 Å². The number of para-hydroxylation sites is 3. The van der Waals surface area contributed by atoms with Gasteiger partial charge in [0, 0.05) is 27.6 Å². The molecule has 0 aromatic heterocycles. The van der Waals surface area contributed by atoms with Crippen LogP contribution < -0.4 is 9.80 Å². The molecule has 0 saturated heterocycles. The fourth-order valence-electron chi connectivity index (χ4n) is 12.9. The van der Waals surface area contributed by atoms with E-state index in [9.17, 15) is 0 Å². The van der Waals surface area contributed by atoms with Crippen LogP contribution in [0.25, 0.3) is 54.9 Å². The molecular formula is C64H48N2. The van der Waals surface area contributed by atoms with Crippen LogP contribution in [-0.2, 0) is 16.2 Å². The van der Waals surface area contributed by atoms with Crippen molar-refractivity contribution >= 4 is 55.7 Å². The first-order chi connectivity index (χ1) is 32.1. The number of benzene rings is 10. The topological polar surface area (TPSA) is 6.48 Å². The highest BCUT2D eigenvalue weighted by atomic mass is 15.2. The lowest BCUT2D eigenvalue weighted by atomic mass is 9.69. The van der Waals surface area contributed by atoms with Gasteiger partial charge in [-0.3, -0.25) is 0 Å². The first-order valence-corrected chi connectivity index (χ1v) is 23.5. The maximum atomic E-state index is 2.56. The summed E-state index contributed by atoms with van der Waals surface area (Å²) in [5.41, 5.74) is 23.5. The van der Waals surface area contributed by atoms with Crippen LogP contribution in [0.3, 0.4) is 0 Å². The van der Waals surface area contributed by atoms with Crippen molar-refractivity contribution in [3.8, 4) is 33.4 Å². The molecule has 10 aromatic carbocycles. The maximum Gasteiger partial charge on any atom is 0.0505 e. The molecule has 1 aliphatic carbocycles. The zero-order valence-corrected chi connectivity index (χ0v) is 37.9. The van der Waals surface area contributed by atoms with Gasteiger partial charge < -0.3 is 9.80 Å². The Kier molecular flexibility index (Phi) is 7.41. The molecule has 14 rings (SSSR count). The normalized spacial score (nSPS) is 17.4. The molecule has 1 atom stereocenters. The lowest BCUT2D eigenvalue weighted by Crippen LogP contribution is -2.32. The smallest absolute Gasteiger partial charge is 0.0505 e. The van der Waals surface area contributed by atoms with Crippen LogP contribution in [0.1, 0.15) is 73.6 Å². The third-order valence-corrected chi connectivity index (χ3v) is 16.2. The summed E-state index contributed by atoms with van der Waals surface area (Å²) in [6.45, 7) is 12.0. The van der Waals surface area contributed by atoms with E-state index in [1.165, 1.54) is 122 Å². The standard InChI is InChI=1S/C64H48N2/c1-62(2)51-21-11-14-24-56(51)65(57-25-15-12-22-52(57)62)42-29-33-47-48(37-42)60(39-17-7-6-8-18-39)46-32-30-43-38-49(46)61(47)40-27-31-45-44-19-9-10-20-50(44)64(5,55(45)35-40)41-28-34-54-59(36-41)66(43)58-26-16-13-23-53(58)63(54,3)4/h6-38H,1-5H3. The molecule has 0 N–H and O–H groups in total. The maximum absolute atomic E-state index is 2.56. The van der Waals surface area contributed by atoms with Crippen LogP contribution in [-0.4, -0.2) is 0 Å². The minimum absolute atomic E-state index is 0.146. The Morgan fingerprint density at radius 1 is 0.303 bits per heavy atom. The fourth-order valence-corrected chi connectivity index (χ4v) is 12.9. The van der Waals surface area contributed by atoms with E-state index in [2.05, 4.69) is 245 Å². The second kappa shape index (κ2) is 13.0. The molecule has 3 aliphatic heterocycles. The van der Waals surface area contributed by atoms with Gasteiger partial charge in [-0.2, -0.15) is 0 Å². The highest BCUT2D eigenvalue weighted by molar-refractivity contribution is 6.23. The van der Waals surface area contributed by atoms with Gasteiger partial charge in [-0.1, -0.05) is 173 Å². The molecule has 6 bridgehead atoms. The molecule has 2 nitrogen and oxygen atoms in total. The van der Waals surface area contributed by atoms with Gasteiger partial charge in [0.25, 0.3) is 0 Å². The fraction of sp³-hybridized carbons (Fsp3) is 0.125. The molecule has 2 heteroatoms. The first-order valence-electron chi connectivity index (χ1n) is 23.5. The predicted molar refractivity (Wildman–Crippen MR) is 277 cm³/mol. The molecule has 0 amide bonds. The van der Waals surface area contributed by atoms with Crippen molar-refractivity contribution in [3.05, 3.63) is 239 Å². The molecular weight excluding hydrogens is 797 g/mol. The van der Waals surface area contributed by atoms with Crippen molar-refractivity contribution in [3.63, 3.8) is 0 Å². The van der Waals surface area contributed by atoms with E-state index < -0.39 is 0 Å². The second-order valence-electron chi connectivity index (χ2n) is 20.2. The number of nitrogens with zero attached hydrogens (tertiary/aromatic N) is 2. The Balaban J connectivity index is 1.13. The number of anilines is 6. The molecule has 0 saturated carbocycles. The van der Waals surface area contributed by atoms with Crippen LogP contribution in [0.5, 0.6) is 0 Å². The number of hydrogen-bond donors (Lipinski definition) is 0. The molecule has 314 valence electrons. The average Bonchev–Trinajstić information content (AvgIpc) is 3.61. The second-order valence-corrected chi connectivity index (χ2v) is 20.2. The predicted octanol–water partition coefficient (Wildman–Crippen LogP) is 17.2. The molecule has 3 heterocycles. The summed E-state index contributed by atoms with van der Waals surface area (Å²) in [4.78, 5) is 5.06. The van der Waals surface area contributed by atoms with Crippen molar-refractivity contribution < 1.29 is 0 Å². The zero-order valence-electron chi connectivity index (χ0n) is 37.9. The van der Waals surface area contributed by atoms with Gasteiger partial charge in [-0.15, -0.1) is 0 Å². The Bertz CT molecular complexity index is 3690. The van der Waals surface area contributed by atoms with Crippen molar-refractivity contribution in [1.82, 2.24) is 0 Å². The molecule has 10 aromatic rings. The summed E-state index contributed by atoms with van der Waals surface area (Å²) < 4.78 is 0. The van der Waals surface area contributed by atoms with Crippen LogP contribution in [0.4, 0.5) is 34.1 Å². The summed E-state index contributed by atoms with van der Waals surface area (Å²) in [7, 11) is 0. The summed E-state index contributed by atoms with van der Waals surface area (Å²) in [5, 5.41) is 4.98. The number of rotatable bonds is 2. The van der Waals surface area contributed by atoms with Gasteiger partial charge in [-0.05, 0) is 155 Å². The van der Waals surface area contributed by atoms with Gasteiger partial charge >= 0.3 is 0 Å². The van der Waals surface area contributed by atoms with Crippen LogP contribution >= 0.6 is 0 Å². The minimum atomic E-state index is -0.383. The van der Waals surface area contributed by atoms with Gasteiger partial charge in [0.15, 0.2) is 0 Å². The third kappa shape index (κ3) is 4.76. The van der Waals surface area contributed by atoms with Crippen molar-refractivity contribution in [2.24, 2.45) is 0 Å². The highest BCUT2D eigenvalue weighted by Gasteiger charge is 2.44. The molecule has 0 fully saturated rings. The summed E-state index contributed by atoms with van der Waals surface area (Å²) in [6, 6.07) is 76.5. The molecule has 4 aliphatic rings. The zero-order chi connectivity index (χ0) is 44.3. The lowest BCUT2D eigenvalue weighted by Gasteiger charge is -2.43. The number of hydrogen-bond acceptors (Lipinski definition) is 2. The van der Waals surface area contributed by atoms with E-state index in [0.717, 1.165) is 5.69 Å².